The number of nitrogens with zero attached hydrogens (tertiary/aromatic N) is 2. The Morgan fingerprint density at radius 2 is 1.64 bits per heavy atom. The molecule has 0 spiro atoms. The molecule has 0 radical (unpaired) electrons. The summed E-state index contributed by atoms with van der Waals surface area (Å²) in [6.07, 6.45) is 1.13. The first-order chi connectivity index (χ1) is 12.0. The van der Waals surface area contributed by atoms with Gasteiger partial charge in [-0.3, -0.25) is 4.79 Å². The molecule has 0 aliphatic carbocycles. The van der Waals surface area contributed by atoms with E-state index >= 15 is 0 Å². The van der Waals surface area contributed by atoms with Gasteiger partial charge in [0.15, 0.2) is 0 Å². The zero-order valence-electron chi connectivity index (χ0n) is 14.4. The summed E-state index contributed by atoms with van der Waals surface area (Å²) in [5.74, 6) is -1.08. The number of carbonyl (C=O) groups is 1. The minimum absolute atomic E-state index is 0.0806. The normalized spacial score (nSPS) is 14.2. The molecule has 7 nitrogen and oxygen atoms in total. The molecule has 0 saturated carbocycles. The lowest BCUT2D eigenvalue weighted by molar-refractivity contribution is 0.0696. The fourth-order valence-electron chi connectivity index (χ4n) is 3.42. The summed E-state index contributed by atoms with van der Waals surface area (Å²) in [4.78, 5) is 24.3. The van der Waals surface area contributed by atoms with Gasteiger partial charge < -0.3 is 14.9 Å². The first-order valence-electron chi connectivity index (χ1n) is 8.49. The van der Waals surface area contributed by atoms with Crippen LogP contribution >= 0.6 is 0 Å². The number of carboxylic acid groups (broad SMARTS) is 1. The molecule has 0 fully saturated rings. The smallest absolute Gasteiger partial charge is 0.335 e. The van der Waals surface area contributed by atoms with Crippen LogP contribution in [-0.4, -0.2) is 38.8 Å². The van der Waals surface area contributed by atoms with E-state index in [0.717, 1.165) is 11.1 Å². The molecule has 1 aliphatic heterocycles. The molecule has 0 bridgehead atoms. The van der Waals surface area contributed by atoms with Crippen molar-refractivity contribution < 1.29 is 19.7 Å². The van der Waals surface area contributed by atoms with Crippen molar-refractivity contribution in [3.63, 3.8) is 0 Å². The van der Waals surface area contributed by atoms with Crippen molar-refractivity contribution in [1.29, 1.82) is 0 Å². The maximum absolute atomic E-state index is 13.0. The summed E-state index contributed by atoms with van der Waals surface area (Å²) in [6, 6.07) is 3.18. The van der Waals surface area contributed by atoms with Crippen molar-refractivity contribution >= 4 is 5.97 Å². The highest BCUT2D eigenvalue weighted by Crippen LogP contribution is 2.34. The van der Waals surface area contributed by atoms with E-state index in [-0.39, 0.29) is 22.6 Å². The fraction of sp³-hybridized carbons (Fsp3) is 0.444. The molecule has 7 heteroatoms. The standard InChI is InChI=1S/C18H22N2O5/c1-3-11-9-13(18(23)24)10-12(4-2)14(11)15-16(21)19-5-7-25-8-6-20(19)17(15)22/h9-10,21H,3-8H2,1-2H3,(H,23,24). The van der Waals surface area contributed by atoms with Gasteiger partial charge in [-0.2, -0.15) is 0 Å². The van der Waals surface area contributed by atoms with E-state index in [2.05, 4.69) is 0 Å². The first kappa shape index (κ1) is 17.3. The third-order valence-electron chi connectivity index (χ3n) is 4.66. The quantitative estimate of drug-likeness (QED) is 0.881. The van der Waals surface area contributed by atoms with Crippen LogP contribution in [0.5, 0.6) is 5.88 Å². The van der Waals surface area contributed by atoms with Crippen molar-refractivity contribution in [2.45, 2.75) is 39.8 Å². The van der Waals surface area contributed by atoms with E-state index in [0.29, 0.717) is 44.7 Å². The highest BCUT2D eigenvalue weighted by molar-refractivity contribution is 5.90. The number of carboxylic acids is 1. The van der Waals surface area contributed by atoms with Gasteiger partial charge >= 0.3 is 5.97 Å². The number of aromatic hydroxyl groups is 1. The molecule has 2 heterocycles. The lowest BCUT2D eigenvalue weighted by Crippen LogP contribution is -2.23. The van der Waals surface area contributed by atoms with Crippen LogP contribution in [-0.2, 0) is 30.7 Å². The Hall–Kier alpha value is -2.54. The lowest BCUT2D eigenvalue weighted by Gasteiger charge is -2.13. The Balaban J connectivity index is 2.30. The maximum atomic E-state index is 13.0. The number of aryl methyl sites for hydroxylation is 2. The van der Waals surface area contributed by atoms with E-state index in [1.807, 2.05) is 13.8 Å². The van der Waals surface area contributed by atoms with E-state index in [1.165, 1.54) is 4.68 Å². The second-order valence-corrected chi connectivity index (χ2v) is 6.04. The molecule has 3 rings (SSSR count). The summed E-state index contributed by atoms with van der Waals surface area (Å²) in [6.45, 7) is 5.45. The van der Waals surface area contributed by atoms with Crippen molar-refractivity contribution in [3.8, 4) is 17.0 Å². The van der Waals surface area contributed by atoms with Crippen LogP contribution in [0.15, 0.2) is 16.9 Å². The van der Waals surface area contributed by atoms with E-state index in [1.54, 1.807) is 16.8 Å². The SMILES string of the molecule is CCc1cc(C(=O)O)cc(CC)c1-c1c(O)n2n(c1=O)CCOCC2. The Morgan fingerprint density at radius 1 is 1.08 bits per heavy atom. The van der Waals surface area contributed by atoms with Gasteiger partial charge in [0.05, 0.1) is 31.9 Å². The zero-order chi connectivity index (χ0) is 18.1. The van der Waals surface area contributed by atoms with E-state index < -0.39 is 5.97 Å². The number of fused-ring (bicyclic) bond motifs is 1. The van der Waals surface area contributed by atoms with Crippen LogP contribution in [0.25, 0.3) is 11.1 Å². The van der Waals surface area contributed by atoms with Crippen LogP contribution in [0, 0.1) is 0 Å². The molecule has 2 aromatic rings. The third kappa shape index (κ3) is 2.84. The highest BCUT2D eigenvalue weighted by atomic mass is 16.5. The topological polar surface area (TPSA) is 93.7 Å². The number of ether oxygens (including phenoxy) is 1. The van der Waals surface area contributed by atoms with Gasteiger partial charge in [-0.1, -0.05) is 13.8 Å². The Morgan fingerprint density at radius 3 is 2.16 bits per heavy atom. The minimum atomic E-state index is -0.998. The largest absolute Gasteiger partial charge is 0.493 e. The van der Waals surface area contributed by atoms with Crippen LogP contribution < -0.4 is 5.56 Å². The monoisotopic (exact) mass is 346 g/mol. The molecule has 0 amide bonds. The molecule has 0 saturated heterocycles. The average molecular weight is 346 g/mol. The lowest BCUT2D eigenvalue weighted by atomic mass is 9.91. The summed E-state index contributed by atoms with van der Waals surface area (Å²) >= 11 is 0. The Kier molecular flexibility index (Phi) is 4.67. The average Bonchev–Trinajstić information content (AvgIpc) is 2.78. The van der Waals surface area contributed by atoms with Crippen molar-refractivity contribution in [3.05, 3.63) is 39.2 Å². The molecular formula is C18H22N2O5. The van der Waals surface area contributed by atoms with Gasteiger partial charge in [0.2, 0.25) is 5.88 Å². The van der Waals surface area contributed by atoms with Crippen LogP contribution in [0.2, 0.25) is 0 Å². The van der Waals surface area contributed by atoms with Gasteiger partial charge in [-0.15, -0.1) is 0 Å². The number of aromatic carboxylic acids is 1. The predicted molar refractivity (Wildman–Crippen MR) is 92.3 cm³/mol. The van der Waals surface area contributed by atoms with Gasteiger partial charge in [0.1, 0.15) is 5.56 Å². The summed E-state index contributed by atoms with van der Waals surface area (Å²) < 4.78 is 8.42. The van der Waals surface area contributed by atoms with Gasteiger partial charge in [-0.25, -0.2) is 14.2 Å². The predicted octanol–water partition coefficient (Wildman–Crippen LogP) is 1.88. The number of rotatable bonds is 4. The molecule has 0 unspecified atom stereocenters. The maximum Gasteiger partial charge on any atom is 0.335 e. The second kappa shape index (κ2) is 6.76. The number of hydrogen-bond acceptors (Lipinski definition) is 4. The fourth-order valence-corrected chi connectivity index (χ4v) is 3.42. The Bertz CT molecular complexity index is 853. The molecule has 1 aromatic carbocycles. The second-order valence-electron chi connectivity index (χ2n) is 6.04. The molecule has 25 heavy (non-hydrogen) atoms. The van der Waals surface area contributed by atoms with Crippen molar-refractivity contribution in [2.24, 2.45) is 0 Å². The van der Waals surface area contributed by atoms with Crippen molar-refractivity contribution in [1.82, 2.24) is 9.36 Å². The van der Waals surface area contributed by atoms with Gasteiger partial charge in [0.25, 0.3) is 5.56 Å². The number of hydrogen-bond donors (Lipinski definition) is 2. The highest BCUT2D eigenvalue weighted by Gasteiger charge is 2.26. The van der Waals surface area contributed by atoms with E-state index in [9.17, 15) is 19.8 Å². The summed E-state index contributed by atoms with van der Waals surface area (Å²) in [7, 11) is 0. The Labute approximate surface area is 145 Å². The molecule has 0 atom stereocenters. The number of benzene rings is 1. The van der Waals surface area contributed by atoms with Gasteiger partial charge in [0, 0.05) is 0 Å². The van der Waals surface area contributed by atoms with Crippen molar-refractivity contribution in [2.75, 3.05) is 13.2 Å². The molecule has 2 N–H and O–H groups in total. The zero-order valence-corrected chi connectivity index (χ0v) is 14.4. The third-order valence-corrected chi connectivity index (χ3v) is 4.66. The van der Waals surface area contributed by atoms with Gasteiger partial charge in [-0.05, 0) is 41.7 Å². The molecule has 134 valence electrons. The summed E-state index contributed by atoms with van der Waals surface area (Å²) in [5.41, 5.74) is 2.35. The minimum Gasteiger partial charge on any atom is -0.493 e. The van der Waals surface area contributed by atoms with Crippen LogP contribution in [0.1, 0.15) is 35.3 Å². The van der Waals surface area contributed by atoms with Crippen LogP contribution in [0.4, 0.5) is 0 Å². The number of aromatic nitrogens is 2. The molecule has 1 aromatic heterocycles. The summed E-state index contributed by atoms with van der Waals surface area (Å²) in [5, 5.41) is 20.0. The molecule has 1 aliphatic rings. The first-order valence-corrected chi connectivity index (χ1v) is 8.49. The van der Waals surface area contributed by atoms with E-state index in [4.69, 9.17) is 4.74 Å². The van der Waals surface area contributed by atoms with Crippen LogP contribution in [0.3, 0.4) is 0 Å². The molecular weight excluding hydrogens is 324 g/mol.